The molecule has 0 fully saturated rings. The fraction of sp³-hybridized carbons (Fsp3) is 0.800. The number of hydrogen-bond donors (Lipinski definition) is 2. The fourth-order valence-corrected chi connectivity index (χ4v) is 1.09. The van der Waals surface area contributed by atoms with Gasteiger partial charge in [0.2, 0.25) is 5.91 Å². The molecule has 0 radical (unpaired) electrons. The summed E-state index contributed by atoms with van der Waals surface area (Å²) >= 11 is 0. The lowest BCUT2D eigenvalue weighted by atomic mass is 10.3. The molecular weight excluding hydrogens is 196 g/mol. The van der Waals surface area contributed by atoms with Crippen molar-refractivity contribution in [2.24, 2.45) is 0 Å². The van der Waals surface area contributed by atoms with Gasteiger partial charge in [0, 0.05) is 19.1 Å². The van der Waals surface area contributed by atoms with Crippen LogP contribution in [-0.4, -0.2) is 47.6 Å². The molecule has 0 aromatic heterocycles. The Kier molecular flexibility index (Phi) is 6.70. The van der Waals surface area contributed by atoms with Crippen LogP contribution in [0.2, 0.25) is 0 Å². The maximum absolute atomic E-state index is 11.6. The topological polar surface area (TPSA) is 69.6 Å². The van der Waals surface area contributed by atoms with E-state index in [0.717, 1.165) is 0 Å². The molecule has 0 spiro atoms. The molecule has 0 saturated carbocycles. The van der Waals surface area contributed by atoms with Crippen LogP contribution in [0.1, 0.15) is 27.2 Å². The predicted molar refractivity (Wildman–Crippen MR) is 57.6 cm³/mol. The van der Waals surface area contributed by atoms with E-state index in [1.54, 1.807) is 4.90 Å². The van der Waals surface area contributed by atoms with Crippen LogP contribution in [0.3, 0.4) is 0 Å². The van der Waals surface area contributed by atoms with Crippen LogP contribution in [0, 0.1) is 0 Å². The van der Waals surface area contributed by atoms with Gasteiger partial charge in [-0.15, -0.1) is 0 Å². The van der Waals surface area contributed by atoms with Crippen LogP contribution in [0.5, 0.6) is 0 Å². The number of likely N-dealkylation sites (N-methyl/N-ethyl adjacent to an activating group) is 1. The molecule has 0 heterocycles. The van der Waals surface area contributed by atoms with E-state index in [1.807, 2.05) is 20.8 Å². The molecule has 0 atom stereocenters. The zero-order valence-corrected chi connectivity index (χ0v) is 9.62. The number of rotatable bonds is 7. The number of carbonyl (C=O) groups excluding carboxylic acids is 1. The van der Waals surface area contributed by atoms with Crippen molar-refractivity contribution in [3.05, 3.63) is 0 Å². The summed E-state index contributed by atoms with van der Waals surface area (Å²) < 4.78 is 0. The third kappa shape index (κ3) is 6.90. The third-order valence-corrected chi connectivity index (χ3v) is 1.99. The molecule has 0 aromatic carbocycles. The van der Waals surface area contributed by atoms with E-state index in [1.165, 1.54) is 0 Å². The van der Waals surface area contributed by atoms with Gasteiger partial charge in [-0.1, -0.05) is 13.8 Å². The average Bonchev–Trinajstić information content (AvgIpc) is 2.15. The van der Waals surface area contributed by atoms with Crippen molar-refractivity contribution in [1.82, 2.24) is 10.2 Å². The second-order valence-corrected chi connectivity index (χ2v) is 3.65. The monoisotopic (exact) mass is 216 g/mol. The van der Waals surface area contributed by atoms with E-state index < -0.39 is 5.97 Å². The number of carbonyl (C=O) groups is 2. The quantitative estimate of drug-likeness (QED) is 0.642. The predicted octanol–water partition coefficient (Wildman–Crippen LogP) is 0.308. The summed E-state index contributed by atoms with van der Waals surface area (Å²) in [6.45, 7) is 6.86. The van der Waals surface area contributed by atoms with E-state index in [9.17, 15) is 9.59 Å². The molecule has 0 aromatic rings. The van der Waals surface area contributed by atoms with Crippen LogP contribution in [0.15, 0.2) is 0 Å². The minimum Gasteiger partial charge on any atom is -0.481 e. The molecule has 0 aliphatic heterocycles. The summed E-state index contributed by atoms with van der Waals surface area (Å²) in [4.78, 5) is 23.5. The molecule has 5 nitrogen and oxygen atoms in total. The maximum atomic E-state index is 11.6. The van der Waals surface area contributed by atoms with Crippen molar-refractivity contribution < 1.29 is 14.7 Å². The van der Waals surface area contributed by atoms with Crippen molar-refractivity contribution in [2.45, 2.75) is 33.2 Å². The Morgan fingerprint density at radius 1 is 1.40 bits per heavy atom. The molecule has 2 N–H and O–H groups in total. The smallest absolute Gasteiger partial charge is 0.305 e. The number of amides is 1. The molecule has 0 saturated heterocycles. The van der Waals surface area contributed by atoms with Crippen molar-refractivity contribution in [3.8, 4) is 0 Å². The van der Waals surface area contributed by atoms with Gasteiger partial charge in [0.1, 0.15) is 0 Å². The summed E-state index contributed by atoms with van der Waals surface area (Å²) in [6, 6.07) is 0.257. The number of aliphatic carboxylic acids is 1. The van der Waals surface area contributed by atoms with Crippen molar-refractivity contribution in [1.29, 1.82) is 0 Å². The van der Waals surface area contributed by atoms with E-state index in [4.69, 9.17) is 5.11 Å². The molecule has 1 amide bonds. The number of nitrogens with one attached hydrogen (secondary N) is 1. The lowest BCUT2D eigenvalue weighted by molar-refractivity contribution is -0.138. The van der Waals surface area contributed by atoms with Crippen molar-refractivity contribution >= 4 is 11.9 Å². The van der Waals surface area contributed by atoms with Gasteiger partial charge in [0.05, 0.1) is 13.0 Å². The van der Waals surface area contributed by atoms with Crippen LogP contribution in [0.4, 0.5) is 0 Å². The van der Waals surface area contributed by atoms with Gasteiger partial charge in [-0.2, -0.15) is 0 Å². The first-order valence-electron chi connectivity index (χ1n) is 5.20. The van der Waals surface area contributed by atoms with Crippen molar-refractivity contribution in [2.75, 3.05) is 19.6 Å². The Hall–Kier alpha value is -1.10. The van der Waals surface area contributed by atoms with Crippen LogP contribution in [0.25, 0.3) is 0 Å². The Morgan fingerprint density at radius 3 is 2.40 bits per heavy atom. The van der Waals surface area contributed by atoms with E-state index in [2.05, 4.69) is 5.32 Å². The first-order valence-corrected chi connectivity index (χ1v) is 5.20. The van der Waals surface area contributed by atoms with Gasteiger partial charge < -0.3 is 15.3 Å². The first-order chi connectivity index (χ1) is 6.97. The highest BCUT2D eigenvalue weighted by Crippen LogP contribution is 1.93. The molecule has 0 bridgehead atoms. The second kappa shape index (κ2) is 7.23. The summed E-state index contributed by atoms with van der Waals surface area (Å²) in [5.41, 5.74) is 0. The van der Waals surface area contributed by atoms with Crippen molar-refractivity contribution in [3.63, 3.8) is 0 Å². The van der Waals surface area contributed by atoms with Crippen LogP contribution >= 0.6 is 0 Å². The third-order valence-electron chi connectivity index (χ3n) is 1.99. The van der Waals surface area contributed by atoms with E-state index in [0.29, 0.717) is 6.54 Å². The largest absolute Gasteiger partial charge is 0.481 e. The summed E-state index contributed by atoms with van der Waals surface area (Å²) in [6.07, 6.45) is 0.00125. The Labute approximate surface area is 90.5 Å². The summed E-state index contributed by atoms with van der Waals surface area (Å²) in [7, 11) is 0. The molecule has 15 heavy (non-hydrogen) atoms. The average molecular weight is 216 g/mol. The van der Waals surface area contributed by atoms with E-state index >= 15 is 0 Å². The number of carboxylic acids is 1. The lowest BCUT2D eigenvalue weighted by Crippen LogP contribution is -2.41. The SMILES string of the molecule is CCN(CCC(=O)O)C(=O)CNC(C)C. The first kappa shape index (κ1) is 13.9. The lowest BCUT2D eigenvalue weighted by Gasteiger charge is -2.20. The minimum absolute atomic E-state index is 0.00125. The Morgan fingerprint density at radius 2 is 2.00 bits per heavy atom. The molecule has 88 valence electrons. The molecule has 0 aliphatic carbocycles. The second-order valence-electron chi connectivity index (χ2n) is 3.65. The normalized spacial score (nSPS) is 10.4. The Balaban J connectivity index is 3.93. The highest BCUT2D eigenvalue weighted by atomic mass is 16.4. The van der Waals surface area contributed by atoms with Gasteiger partial charge in [-0.25, -0.2) is 0 Å². The van der Waals surface area contributed by atoms with Gasteiger partial charge in [0.25, 0.3) is 0 Å². The molecule has 0 rings (SSSR count). The minimum atomic E-state index is -0.877. The fourth-order valence-electron chi connectivity index (χ4n) is 1.09. The number of carboxylic acid groups (broad SMARTS) is 1. The zero-order chi connectivity index (χ0) is 11.8. The van der Waals surface area contributed by atoms with Crippen LogP contribution in [-0.2, 0) is 9.59 Å². The number of hydrogen-bond acceptors (Lipinski definition) is 3. The molecule has 0 aliphatic rings. The standard InChI is InChI=1S/C10H20N2O3/c1-4-12(6-5-10(14)15)9(13)7-11-8(2)3/h8,11H,4-7H2,1-3H3,(H,14,15). The van der Waals surface area contributed by atoms with E-state index in [-0.39, 0.29) is 31.5 Å². The molecule has 0 unspecified atom stereocenters. The molecule has 5 heteroatoms. The van der Waals surface area contributed by atoms with Gasteiger partial charge in [0.15, 0.2) is 0 Å². The highest BCUT2D eigenvalue weighted by Gasteiger charge is 2.12. The highest BCUT2D eigenvalue weighted by molar-refractivity contribution is 5.78. The summed E-state index contributed by atoms with van der Waals surface area (Å²) in [5.74, 6) is -0.925. The molecular formula is C10H20N2O3. The van der Waals surface area contributed by atoms with Gasteiger partial charge in [-0.3, -0.25) is 9.59 Å². The summed E-state index contributed by atoms with van der Waals surface area (Å²) in [5, 5.41) is 11.5. The van der Waals surface area contributed by atoms with Gasteiger partial charge >= 0.3 is 5.97 Å². The van der Waals surface area contributed by atoms with Gasteiger partial charge in [-0.05, 0) is 6.92 Å². The van der Waals surface area contributed by atoms with Crippen LogP contribution < -0.4 is 5.32 Å². The number of nitrogens with zero attached hydrogens (tertiary/aromatic N) is 1. The maximum Gasteiger partial charge on any atom is 0.305 e. The zero-order valence-electron chi connectivity index (χ0n) is 9.62. The Bertz CT molecular complexity index is 217.